The lowest BCUT2D eigenvalue weighted by molar-refractivity contribution is 0.590. The van der Waals surface area contributed by atoms with Crippen LogP contribution < -0.4 is 0 Å². The second-order valence-electron chi connectivity index (χ2n) is 6.91. The zero-order valence-electron chi connectivity index (χ0n) is 15.9. The maximum Gasteiger partial charge on any atom is 0.269 e. The molecule has 4 aromatic rings. The van der Waals surface area contributed by atoms with E-state index in [2.05, 4.69) is 35.5 Å². The number of aromatic nitrogens is 2. The van der Waals surface area contributed by atoms with Gasteiger partial charge in [-0.25, -0.2) is 4.98 Å². The van der Waals surface area contributed by atoms with Crippen molar-refractivity contribution in [2.24, 2.45) is 0 Å². The molecule has 1 unspecified atom stereocenters. The number of halogens is 1. The molecule has 0 aliphatic heterocycles. The first-order valence-corrected chi connectivity index (χ1v) is 10.9. The lowest BCUT2D eigenvalue weighted by Gasteiger charge is -2.14. The molecule has 3 nitrogen and oxygen atoms in total. The molecule has 28 heavy (non-hydrogen) atoms. The topological polar surface area (TPSA) is 40.9 Å². The lowest BCUT2D eigenvalue weighted by Crippen LogP contribution is -2.11. The largest absolute Gasteiger partial charge is 0.610 e. The summed E-state index contributed by atoms with van der Waals surface area (Å²) in [6, 6.07) is 19.8. The van der Waals surface area contributed by atoms with Gasteiger partial charge >= 0.3 is 0 Å². The van der Waals surface area contributed by atoms with E-state index in [4.69, 9.17) is 11.6 Å². The van der Waals surface area contributed by atoms with Crippen LogP contribution in [-0.4, -0.2) is 14.1 Å². The molecule has 142 valence electrons. The van der Waals surface area contributed by atoms with Gasteiger partial charge in [0.2, 0.25) is 0 Å². The van der Waals surface area contributed by atoms with E-state index in [1.54, 1.807) is 6.20 Å². The van der Waals surface area contributed by atoms with Gasteiger partial charge in [0.25, 0.3) is 5.03 Å². The number of benzene rings is 2. The van der Waals surface area contributed by atoms with Gasteiger partial charge in [-0.15, -0.1) is 0 Å². The van der Waals surface area contributed by atoms with Crippen LogP contribution in [0.3, 0.4) is 0 Å². The summed E-state index contributed by atoms with van der Waals surface area (Å²) in [5.74, 6) is 0.415. The summed E-state index contributed by atoms with van der Waals surface area (Å²) in [4.78, 5) is 4.53. The van der Waals surface area contributed by atoms with Crippen molar-refractivity contribution in [3.05, 3.63) is 94.3 Å². The van der Waals surface area contributed by atoms with Crippen molar-refractivity contribution in [2.75, 3.05) is 0 Å². The van der Waals surface area contributed by atoms with Crippen LogP contribution in [0, 0.1) is 13.8 Å². The second kappa shape index (κ2) is 8.00. The molecule has 0 aliphatic rings. The van der Waals surface area contributed by atoms with E-state index < -0.39 is 11.2 Å². The Bertz CT molecular complexity index is 1110. The molecule has 1 atom stereocenters. The molecule has 0 fully saturated rings. The molecule has 0 aliphatic carbocycles. The van der Waals surface area contributed by atoms with E-state index in [-0.39, 0.29) is 0 Å². The molecule has 0 amide bonds. The van der Waals surface area contributed by atoms with Crippen molar-refractivity contribution in [1.82, 2.24) is 9.55 Å². The normalized spacial score (nSPS) is 12.4. The minimum absolute atomic E-state index is 0.415. The molecule has 2 heterocycles. The SMILES string of the molecule is Cc1c(C)n(Cc2ccccc2)c2c([S+]([O-])Cc3ccc(Cl)cc3)nccc12. The van der Waals surface area contributed by atoms with E-state index in [1.807, 2.05) is 48.5 Å². The van der Waals surface area contributed by atoms with Crippen molar-refractivity contribution in [3.8, 4) is 0 Å². The number of aryl methyl sites for hydroxylation is 1. The van der Waals surface area contributed by atoms with Crippen molar-refractivity contribution in [2.45, 2.75) is 31.2 Å². The van der Waals surface area contributed by atoms with Gasteiger partial charge in [0.1, 0.15) is 11.3 Å². The van der Waals surface area contributed by atoms with Gasteiger partial charge in [0.15, 0.2) is 0 Å². The minimum Gasteiger partial charge on any atom is -0.610 e. The number of nitrogens with zero attached hydrogens (tertiary/aromatic N) is 2. The first-order valence-electron chi connectivity index (χ1n) is 9.15. The molecule has 2 aromatic carbocycles. The Balaban J connectivity index is 1.78. The number of hydrogen-bond acceptors (Lipinski definition) is 2. The Labute approximate surface area is 173 Å². The van der Waals surface area contributed by atoms with Gasteiger partial charge in [-0.2, -0.15) is 0 Å². The Morgan fingerprint density at radius 1 is 0.964 bits per heavy atom. The number of rotatable bonds is 5. The molecular formula is C23H21ClN2OS. The molecule has 0 saturated carbocycles. The summed E-state index contributed by atoms with van der Waals surface area (Å²) in [5, 5.41) is 2.43. The van der Waals surface area contributed by atoms with Gasteiger partial charge in [-0.1, -0.05) is 54.1 Å². The van der Waals surface area contributed by atoms with E-state index in [9.17, 15) is 4.55 Å². The fourth-order valence-electron chi connectivity index (χ4n) is 3.49. The van der Waals surface area contributed by atoms with Crippen LogP contribution in [0.5, 0.6) is 0 Å². The van der Waals surface area contributed by atoms with Crippen molar-refractivity contribution >= 4 is 33.7 Å². The molecule has 4 rings (SSSR count). The molecular weight excluding hydrogens is 388 g/mol. The monoisotopic (exact) mass is 408 g/mol. The zero-order valence-corrected chi connectivity index (χ0v) is 17.4. The summed E-state index contributed by atoms with van der Waals surface area (Å²) >= 11 is 4.72. The predicted octanol–water partition coefficient (Wildman–Crippen LogP) is 5.66. The standard InChI is InChI=1S/C23H21ClN2OS/c1-16-17(2)26(14-18-6-4-3-5-7-18)22-21(16)12-13-25-23(22)28(27)15-19-8-10-20(24)11-9-19/h3-13H,14-15H2,1-2H3. The quantitative estimate of drug-likeness (QED) is 0.399. The fourth-order valence-corrected chi connectivity index (χ4v) is 4.87. The number of pyridine rings is 1. The Hall–Kier alpha value is -2.27. The third kappa shape index (κ3) is 3.68. The molecule has 5 heteroatoms. The predicted molar refractivity (Wildman–Crippen MR) is 116 cm³/mol. The van der Waals surface area contributed by atoms with Gasteiger partial charge in [0, 0.05) is 45.6 Å². The van der Waals surface area contributed by atoms with E-state index in [0.29, 0.717) is 15.8 Å². The lowest BCUT2D eigenvalue weighted by atomic mass is 10.2. The Kier molecular flexibility index (Phi) is 5.44. The second-order valence-corrected chi connectivity index (χ2v) is 8.71. The van der Waals surface area contributed by atoms with Crippen molar-refractivity contribution in [1.29, 1.82) is 0 Å². The molecule has 0 spiro atoms. The molecule has 0 saturated heterocycles. The highest BCUT2D eigenvalue weighted by Gasteiger charge is 2.23. The fraction of sp³-hybridized carbons (Fsp3) is 0.174. The van der Waals surface area contributed by atoms with Crippen LogP contribution in [0.2, 0.25) is 5.02 Å². The van der Waals surface area contributed by atoms with E-state index in [0.717, 1.165) is 23.0 Å². The summed E-state index contributed by atoms with van der Waals surface area (Å²) in [5.41, 5.74) is 5.54. The van der Waals surface area contributed by atoms with Crippen LogP contribution in [0.4, 0.5) is 0 Å². The maximum absolute atomic E-state index is 13.2. The van der Waals surface area contributed by atoms with Crippen LogP contribution in [-0.2, 0) is 23.5 Å². The summed E-state index contributed by atoms with van der Waals surface area (Å²) < 4.78 is 15.5. The van der Waals surface area contributed by atoms with E-state index in [1.165, 1.54) is 16.8 Å². The molecule has 2 aromatic heterocycles. The first kappa shape index (κ1) is 19.1. The van der Waals surface area contributed by atoms with Gasteiger partial charge in [0.05, 0.1) is 0 Å². The molecule has 0 radical (unpaired) electrons. The van der Waals surface area contributed by atoms with Gasteiger partial charge < -0.3 is 9.12 Å². The summed E-state index contributed by atoms with van der Waals surface area (Å²) in [7, 11) is 0. The Morgan fingerprint density at radius 3 is 2.39 bits per heavy atom. The highest BCUT2D eigenvalue weighted by Crippen LogP contribution is 2.31. The third-order valence-electron chi connectivity index (χ3n) is 5.12. The molecule has 0 bridgehead atoms. The van der Waals surface area contributed by atoms with Crippen LogP contribution in [0.15, 0.2) is 71.9 Å². The average molecular weight is 409 g/mol. The van der Waals surface area contributed by atoms with Gasteiger partial charge in [-0.3, -0.25) is 0 Å². The Morgan fingerprint density at radius 2 is 1.68 bits per heavy atom. The highest BCUT2D eigenvalue weighted by atomic mass is 35.5. The van der Waals surface area contributed by atoms with Gasteiger partial charge in [-0.05, 0) is 43.2 Å². The summed E-state index contributed by atoms with van der Waals surface area (Å²) in [6.07, 6.45) is 1.76. The minimum atomic E-state index is -1.25. The average Bonchev–Trinajstić information content (AvgIpc) is 2.95. The third-order valence-corrected chi connectivity index (χ3v) is 6.70. The molecule has 0 N–H and O–H groups in total. The maximum atomic E-state index is 13.2. The van der Waals surface area contributed by atoms with Crippen molar-refractivity contribution < 1.29 is 4.55 Å². The highest BCUT2D eigenvalue weighted by molar-refractivity contribution is 7.90. The van der Waals surface area contributed by atoms with Crippen molar-refractivity contribution in [3.63, 3.8) is 0 Å². The van der Waals surface area contributed by atoms with Crippen LogP contribution in [0.25, 0.3) is 10.9 Å². The smallest absolute Gasteiger partial charge is 0.269 e. The van der Waals surface area contributed by atoms with Crippen LogP contribution in [0.1, 0.15) is 22.4 Å². The van der Waals surface area contributed by atoms with E-state index >= 15 is 0 Å². The number of hydrogen-bond donors (Lipinski definition) is 0. The summed E-state index contributed by atoms with van der Waals surface area (Å²) in [6.45, 7) is 4.96. The zero-order chi connectivity index (χ0) is 19.7. The van der Waals surface area contributed by atoms with Crippen LogP contribution >= 0.6 is 11.6 Å². The first-order chi connectivity index (χ1) is 13.5. The number of fused-ring (bicyclic) bond motifs is 1.